The Morgan fingerprint density at radius 3 is 1.88 bits per heavy atom. The average Bonchev–Trinajstić information content (AvgIpc) is 3.33. The van der Waals surface area contributed by atoms with Crippen LogP contribution in [0.25, 0.3) is 0 Å². The molecule has 0 heterocycles. The molecule has 0 saturated heterocycles. The lowest BCUT2D eigenvalue weighted by Crippen LogP contribution is -2.25. The third kappa shape index (κ3) is 5.58. The second-order valence-electron chi connectivity index (χ2n) is 9.68. The molecule has 0 fully saturated rings. The van der Waals surface area contributed by atoms with Gasteiger partial charge in [-0.1, -0.05) is 105 Å². The van der Waals surface area contributed by atoms with E-state index >= 15 is 0 Å². The van der Waals surface area contributed by atoms with Gasteiger partial charge in [0.1, 0.15) is 5.82 Å². The Balaban J connectivity index is 0.000000277. The van der Waals surface area contributed by atoms with E-state index in [9.17, 15) is 4.39 Å². The van der Waals surface area contributed by atoms with Crippen molar-refractivity contribution in [2.45, 2.75) is 106 Å². The van der Waals surface area contributed by atoms with E-state index < -0.39 is 0 Å². The van der Waals surface area contributed by atoms with Crippen LogP contribution in [0.3, 0.4) is 0 Å². The minimum atomic E-state index is -0.0214. The fourth-order valence-electron chi connectivity index (χ4n) is 4.98. The zero-order chi connectivity index (χ0) is 24.7. The summed E-state index contributed by atoms with van der Waals surface area (Å²) in [6.07, 6.45) is 4.41. The first-order valence-electron chi connectivity index (χ1n) is 12.7. The predicted molar refractivity (Wildman–Crippen MR) is 142 cm³/mol. The summed E-state index contributed by atoms with van der Waals surface area (Å²) in [5.74, 6) is 1.21. The van der Waals surface area contributed by atoms with E-state index in [1.54, 1.807) is 6.07 Å². The van der Waals surface area contributed by atoms with Gasteiger partial charge < -0.3 is 0 Å². The summed E-state index contributed by atoms with van der Waals surface area (Å²) in [6, 6.07) is 11.8. The first-order chi connectivity index (χ1) is 15.1. The van der Waals surface area contributed by atoms with Crippen LogP contribution in [0.5, 0.6) is 0 Å². The molecule has 0 saturated carbocycles. The summed E-state index contributed by atoms with van der Waals surface area (Å²) in [5, 5.41) is 0.955. The molecule has 4 rings (SSSR count). The fourth-order valence-corrected chi connectivity index (χ4v) is 5.39. The maximum Gasteiger partial charge on any atom is 0.126 e. The first kappa shape index (κ1) is 28.7. The Bertz CT molecular complexity index is 854. The molecule has 2 aliphatic carbocycles. The lowest BCUT2D eigenvalue weighted by molar-refractivity contribution is 0.337. The third-order valence-corrected chi connectivity index (χ3v) is 8.08. The third-order valence-electron chi connectivity index (χ3n) is 7.76. The predicted octanol–water partition coefficient (Wildman–Crippen LogP) is 9.94. The molecular formula is C30H46ClF. The number of fused-ring (bicyclic) bond motifs is 2. The molecule has 2 heteroatoms. The summed E-state index contributed by atoms with van der Waals surface area (Å²) in [5.41, 5.74) is 5.49. The molecule has 0 spiro atoms. The molecule has 2 aromatic rings. The Morgan fingerprint density at radius 1 is 0.781 bits per heavy atom. The van der Waals surface area contributed by atoms with Gasteiger partial charge in [-0.15, -0.1) is 0 Å². The van der Waals surface area contributed by atoms with Gasteiger partial charge in [-0.25, -0.2) is 4.39 Å². The number of benzene rings is 2. The number of rotatable bonds is 2. The summed E-state index contributed by atoms with van der Waals surface area (Å²) >= 11 is 6.30. The van der Waals surface area contributed by atoms with Crippen LogP contribution in [0, 0.1) is 17.7 Å². The highest BCUT2D eigenvalue weighted by atomic mass is 35.5. The summed E-state index contributed by atoms with van der Waals surface area (Å²) < 4.78 is 13.5. The van der Waals surface area contributed by atoms with Crippen LogP contribution < -0.4 is 0 Å². The molecule has 2 unspecified atom stereocenters. The van der Waals surface area contributed by atoms with Crippen LogP contribution >= 0.6 is 11.6 Å². The molecule has 0 amide bonds. The van der Waals surface area contributed by atoms with E-state index in [0.29, 0.717) is 11.8 Å². The highest BCUT2D eigenvalue weighted by Gasteiger charge is 2.39. The van der Waals surface area contributed by atoms with E-state index in [0.717, 1.165) is 23.4 Å². The lowest BCUT2D eigenvalue weighted by Gasteiger charge is -2.30. The molecule has 2 atom stereocenters. The summed E-state index contributed by atoms with van der Waals surface area (Å²) in [7, 11) is 0. The van der Waals surface area contributed by atoms with Crippen molar-refractivity contribution < 1.29 is 4.39 Å². The SMILES string of the molecule is CC.CC.CC(C)C1(C)CCc2c(F)cccc21.CC(C)C1(C)CCc2cccc(Cl)c21. The Morgan fingerprint density at radius 2 is 1.31 bits per heavy atom. The highest BCUT2D eigenvalue weighted by molar-refractivity contribution is 6.31. The van der Waals surface area contributed by atoms with Crippen LogP contribution in [0.2, 0.25) is 5.02 Å². The van der Waals surface area contributed by atoms with E-state index in [2.05, 4.69) is 59.7 Å². The van der Waals surface area contributed by atoms with Crippen molar-refractivity contribution in [1.29, 1.82) is 0 Å². The van der Waals surface area contributed by atoms with Gasteiger partial charge in [-0.2, -0.15) is 0 Å². The second-order valence-corrected chi connectivity index (χ2v) is 10.1. The molecule has 0 N–H and O–H groups in total. The minimum Gasteiger partial charge on any atom is -0.207 e. The molecule has 0 bridgehead atoms. The van der Waals surface area contributed by atoms with Crippen molar-refractivity contribution in [2.75, 3.05) is 0 Å². The Hall–Kier alpha value is -1.34. The number of hydrogen-bond acceptors (Lipinski definition) is 0. The van der Waals surface area contributed by atoms with Crippen molar-refractivity contribution in [3.8, 4) is 0 Å². The van der Waals surface area contributed by atoms with Gasteiger partial charge in [-0.3, -0.25) is 0 Å². The van der Waals surface area contributed by atoms with Gasteiger partial charge in [0.2, 0.25) is 0 Å². The van der Waals surface area contributed by atoms with Crippen molar-refractivity contribution >= 4 is 11.6 Å². The molecule has 32 heavy (non-hydrogen) atoms. The molecule has 180 valence electrons. The standard InChI is InChI=1S/C13H17Cl.C13H17F.2C2H6/c1-9(2)13(3)8-7-10-5-4-6-11(14)12(10)13;1-9(2)13(3)8-7-10-11(13)5-4-6-12(10)14;2*1-2/h2*4-6,9H,7-8H2,1-3H3;2*1-2H3. The summed E-state index contributed by atoms with van der Waals surface area (Å²) in [4.78, 5) is 0. The quantitative estimate of drug-likeness (QED) is 0.418. The largest absolute Gasteiger partial charge is 0.207 e. The topological polar surface area (TPSA) is 0 Å². The van der Waals surface area contributed by atoms with Crippen LogP contribution in [0.15, 0.2) is 36.4 Å². The Kier molecular flexibility index (Phi) is 11.0. The first-order valence-corrected chi connectivity index (χ1v) is 13.0. The van der Waals surface area contributed by atoms with E-state index in [1.165, 1.54) is 29.5 Å². The number of halogens is 2. The molecule has 0 radical (unpaired) electrons. The van der Waals surface area contributed by atoms with Crippen LogP contribution in [-0.4, -0.2) is 0 Å². The molecule has 2 aromatic carbocycles. The number of aryl methyl sites for hydroxylation is 1. The minimum absolute atomic E-state index is 0.0214. The molecule has 0 aliphatic heterocycles. The fraction of sp³-hybridized carbons (Fsp3) is 0.600. The lowest BCUT2D eigenvalue weighted by atomic mass is 9.74. The second kappa shape index (κ2) is 12.2. The average molecular weight is 461 g/mol. The number of hydrogen-bond donors (Lipinski definition) is 0. The monoisotopic (exact) mass is 460 g/mol. The maximum absolute atomic E-state index is 13.5. The van der Waals surface area contributed by atoms with Gasteiger partial charge in [0.15, 0.2) is 0 Å². The van der Waals surface area contributed by atoms with Gasteiger partial charge in [0.05, 0.1) is 0 Å². The zero-order valence-corrected chi connectivity index (χ0v) is 23.0. The highest BCUT2D eigenvalue weighted by Crippen LogP contribution is 2.47. The van der Waals surface area contributed by atoms with Crippen molar-refractivity contribution in [2.24, 2.45) is 11.8 Å². The normalized spacial score (nSPS) is 22.7. The van der Waals surface area contributed by atoms with E-state index in [4.69, 9.17) is 11.6 Å². The van der Waals surface area contributed by atoms with Crippen LogP contribution in [0.4, 0.5) is 4.39 Å². The van der Waals surface area contributed by atoms with Gasteiger partial charge in [-0.05, 0) is 82.7 Å². The van der Waals surface area contributed by atoms with Crippen molar-refractivity contribution in [3.05, 3.63) is 69.5 Å². The Labute approximate surface area is 203 Å². The van der Waals surface area contributed by atoms with E-state index in [-0.39, 0.29) is 16.6 Å². The molecule has 0 aromatic heterocycles. The van der Waals surface area contributed by atoms with Gasteiger partial charge in [0.25, 0.3) is 0 Å². The van der Waals surface area contributed by atoms with Crippen molar-refractivity contribution in [3.63, 3.8) is 0 Å². The van der Waals surface area contributed by atoms with Crippen LogP contribution in [0.1, 0.15) is 104 Å². The van der Waals surface area contributed by atoms with Gasteiger partial charge >= 0.3 is 0 Å². The maximum atomic E-state index is 13.5. The molecular weight excluding hydrogens is 415 g/mol. The van der Waals surface area contributed by atoms with Gasteiger partial charge in [0, 0.05) is 5.02 Å². The summed E-state index contributed by atoms with van der Waals surface area (Å²) in [6.45, 7) is 21.6. The molecule has 0 nitrogen and oxygen atoms in total. The smallest absolute Gasteiger partial charge is 0.126 e. The van der Waals surface area contributed by atoms with Crippen molar-refractivity contribution in [1.82, 2.24) is 0 Å². The zero-order valence-electron chi connectivity index (χ0n) is 22.2. The van der Waals surface area contributed by atoms with E-state index in [1.807, 2.05) is 39.8 Å². The molecule has 2 aliphatic rings. The van der Waals surface area contributed by atoms with Crippen LogP contribution in [-0.2, 0) is 23.7 Å².